The Morgan fingerprint density at radius 2 is 1.93 bits per heavy atom. The van der Waals surface area contributed by atoms with Gasteiger partial charge in [-0.25, -0.2) is 4.98 Å². The maximum Gasteiger partial charge on any atom is 0.234 e. The number of carbonyl (C=O) groups excluding carboxylic acids is 1. The van der Waals surface area contributed by atoms with Crippen LogP contribution in [0.5, 0.6) is 0 Å². The Morgan fingerprint density at radius 3 is 2.75 bits per heavy atom. The molecule has 0 unspecified atom stereocenters. The molecule has 7 heteroatoms. The average Bonchev–Trinajstić information content (AvgIpc) is 3.16. The highest BCUT2D eigenvalue weighted by atomic mass is 79.9. The molecule has 0 atom stereocenters. The van der Waals surface area contributed by atoms with Gasteiger partial charge in [-0.2, -0.15) is 0 Å². The van der Waals surface area contributed by atoms with Gasteiger partial charge in [0.15, 0.2) is 4.34 Å². The molecule has 1 amide bonds. The highest BCUT2D eigenvalue weighted by molar-refractivity contribution is 9.10. The minimum absolute atomic E-state index is 0.0545. The summed E-state index contributed by atoms with van der Waals surface area (Å²) in [6.07, 6.45) is 0. The van der Waals surface area contributed by atoms with E-state index >= 15 is 0 Å². The number of thioether (sulfide) groups is 1. The van der Waals surface area contributed by atoms with Crippen molar-refractivity contribution >= 4 is 61.5 Å². The van der Waals surface area contributed by atoms with Crippen molar-refractivity contribution in [2.24, 2.45) is 0 Å². The van der Waals surface area contributed by atoms with E-state index in [4.69, 9.17) is 0 Å². The summed E-state index contributed by atoms with van der Waals surface area (Å²) in [5.41, 5.74) is 4.54. The van der Waals surface area contributed by atoms with Crippen LogP contribution in [0.3, 0.4) is 0 Å². The largest absolute Gasteiger partial charge is 0.325 e. The summed E-state index contributed by atoms with van der Waals surface area (Å²) in [5, 5.41) is 5.97. The van der Waals surface area contributed by atoms with Gasteiger partial charge in [-0.05, 0) is 31.2 Å². The van der Waals surface area contributed by atoms with E-state index in [9.17, 15) is 4.79 Å². The normalized spacial score (nSPS) is 10.9. The molecule has 2 aromatic heterocycles. The summed E-state index contributed by atoms with van der Waals surface area (Å²) in [4.78, 5) is 21.6. The van der Waals surface area contributed by atoms with Crippen molar-refractivity contribution in [2.45, 2.75) is 11.3 Å². The standard InChI is InChI=1S/C21H16BrN3OS2/c1-13-10-18(16-4-2-3-5-17(16)23-13)24-20(26)12-28-21-25-19(11-27-21)14-6-8-15(22)9-7-14/h2-11H,12H2,1H3,(H,23,24,26). The minimum Gasteiger partial charge on any atom is -0.325 e. The van der Waals surface area contributed by atoms with Crippen molar-refractivity contribution in [1.82, 2.24) is 9.97 Å². The smallest absolute Gasteiger partial charge is 0.234 e. The van der Waals surface area contributed by atoms with Crippen molar-refractivity contribution in [2.75, 3.05) is 11.1 Å². The van der Waals surface area contributed by atoms with Crippen molar-refractivity contribution in [3.8, 4) is 11.3 Å². The molecule has 0 aliphatic heterocycles. The van der Waals surface area contributed by atoms with Crippen LogP contribution in [0.4, 0.5) is 5.69 Å². The molecule has 28 heavy (non-hydrogen) atoms. The third-order valence-corrected chi connectivity index (χ3v) is 6.62. The molecule has 0 aliphatic rings. The fraction of sp³-hybridized carbons (Fsp3) is 0.0952. The topological polar surface area (TPSA) is 54.9 Å². The van der Waals surface area contributed by atoms with Gasteiger partial charge in [0.25, 0.3) is 0 Å². The number of hydrogen-bond acceptors (Lipinski definition) is 5. The second-order valence-corrected chi connectivity index (χ2v) is 9.17. The fourth-order valence-electron chi connectivity index (χ4n) is 2.80. The van der Waals surface area contributed by atoms with E-state index in [0.29, 0.717) is 5.75 Å². The number of nitrogens with one attached hydrogen (secondary N) is 1. The number of pyridine rings is 1. The number of benzene rings is 2. The first-order valence-corrected chi connectivity index (χ1v) is 11.2. The molecule has 4 rings (SSSR count). The molecule has 0 radical (unpaired) electrons. The number of amides is 1. The van der Waals surface area contributed by atoms with Crippen LogP contribution in [0.15, 0.2) is 68.8 Å². The van der Waals surface area contributed by atoms with Crippen LogP contribution in [0, 0.1) is 6.92 Å². The molecule has 1 N–H and O–H groups in total. The van der Waals surface area contributed by atoms with Crippen molar-refractivity contribution in [3.63, 3.8) is 0 Å². The van der Waals surface area contributed by atoms with Gasteiger partial charge >= 0.3 is 0 Å². The molecular formula is C21H16BrN3OS2. The molecule has 140 valence electrons. The summed E-state index contributed by atoms with van der Waals surface area (Å²) in [6, 6.07) is 17.8. The zero-order chi connectivity index (χ0) is 19.5. The number of fused-ring (bicyclic) bond motifs is 1. The predicted molar refractivity (Wildman–Crippen MR) is 121 cm³/mol. The Bertz CT molecular complexity index is 1140. The Hall–Kier alpha value is -2.22. The minimum atomic E-state index is -0.0545. The zero-order valence-corrected chi connectivity index (χ0v) is 18.2. The van der Waals surface area contributed by atoms with Gasteiger partial charge in [-0.15, -0.1) is 11.3 Å². The Kier molecular flexibility index (Phi) is 5.75. The van der Waals surface area contributed by atoms with Gasteiger partial charge in [-0.3, -0.25) is 9.78 Å². The van der Waals surface area contributed by atoms with E-state index in [1.54, 1.807) is 11.3 Å². The molecule has 2 heterocycles. The van der Waals surface area contributed by atoms with Crippen LogP contribution in [0.1, 0.15) is 5.69 Å². The van der Waals surface area contributed by atoms with Crippen molar-refractivity contribution in [1.29, 1.82) is 0 Å². The van der Waals surface area contributed by atoms with Gasteiger partial charge in [-0.1, -0.05) is 58.0 Å². The highest BCUT2D eigenvalue weighted by Crippen LogP contribution is 2.29. The average molecular weight is 470 g/mol. The second-order valence-electron chi connectivity index (χ2n) is 6.17. The molecule has 0 saturated carbocycles. The molecule has 4 nitrogen and oxygen atoms in total. The number of thiazole rings is 1. The predicted octanol–water partition coefficient (Wildman–Crippen LogP) is 6.16. The molecule has 0 bridgehead atoms. The van der Waals surface area contributed by atoms with Gasteiger partial charge in [0.05, 0.1) is 22.7 Å². The van der Waals surface area contributed by atoms with E-state index in [1.807, 2.05) is 66.9 Å². The lowest BCUT2D eigenvalue weighted by Crippen LogP contribution is -2.14. The summed E-state index contributed by atoms with van der Waals surface area (Å²) >= 11 is 6.44. The van der Waals surface area contributed by atoms with Gasteiger partial charge in [0.1, 0.15) is 0 Å². The first-order chi connectivity index (χ1) is 13.6. The first-order valence-electron chi connectivity index (χ1n) is 8.59. The van der Waals surface area contributed by atoms with Crippen LogP contribution < -0.4 is 5.32 Å². The lowest BCUT2D eigenvalue weighted by molar-refractivity contribution is -0.113. The number of nitrogens with zero attached hydrogens (tertiary/aromatic N) is 2. The van der Waals surface area contributed by atoms with Crippen LogP contribution in [0.2, 0.25) is 0 Å². The number of para-hydroxylation sites is 1. The first kappa shape index (κ1) is 19.1. The molecule has 4 aromatic rings. The van der Waals surface area contributed by atoms with E-state index < -0.39 is 0 Å². The monoisotopic (exact) mass is 469 g/mol. The summed E-state index contributed by atoms with van der Waals surface area (Å²) in [6.45, 7) is 1.93. The Labute approximate surface area is 179 Å². The summed E-state index contributed by atoms with van der Waals surface area (Å²) < 4.78 is 1.92. The quantitative estimate of drug-likeness (QED) is 0.355. The van der Waals surface area contributed by atoms with Gasteiger partial charge in [0, 0.05) is 26.5 Å². The highest BCUT2D eigenvalue weighted by Gasteiger charge is 2.11. The lowest BCUT2D eigenvalue weighted by atomic mass is 10.1. The molecule has 0 saturated heterocycles. The van der Waals surface area contributed by atoms with E-state index in [2.05, 4.69) is 31.2 Å². The van der Waals surface area contributed by atoms with Crippen LogP contribution in [-0.2, 0) is 4.79 Å². The van der Waals surface area contributed by atoms with Gasteiger partial charge in [0.2, 0.25) is 5.91 Å². The Morgan fingerprint density at radius 1 is 1.14 bits per heavy atom. The maximum absolute atomic E-state index is 12.5. The number of carbonyl (C=O) groups is 1. The van der Waals surface area contributed by atoms with Crippen molar-refractivity contribution < 1.29 is 4.79 Å². The number of aryl methyl sites for hydroxylation is 1. The number of aromatic nitrogens is 2. The van der Waals surface area contributed by atoms with Crippen molar-refractivity contribution in [3.05, 3.63) is 70.1 Å². The number of hydrogen-bond donors (Lipinski definition) is 1. The summed E-state index contributed by atoms with van der Waals surface area (Å²) in [5.74, 6) is 0.254. The third kappa shape index (κ3) is 4.43. The third-order valence-electron chi connectivity index (χ3n) is 4.07. The van der Waals surface area contributed by atoms with E-state index in [1.165, 1.54) is 11.8 Å². The SMILES string of the molecule is Cc1cc(NC(=O)CSc2nc(-c3ccc(Br)cc3)cs2)c2ccccc2n1. The van der Waals surface area contributed by atoms with Crippen LogP contribution in [0.25, 0.3) is 22.2 Å². The molecule has 2 aromatic carbocycles. The summed E-state index contributed by atoms with van der Waals surface area (Å²) in [7, 11) is 0. The van der Waals surface area contributed by atoms with E-state index in [-0.39, 0.29) is 5.91 Å². The Balaban J connectivity index is 1.42. The maximum atomic E-state index is 12.5. The fourth-order valence-corrected chi connectivity index (χ4v) is 4.70. The number of rotatable bonds is 5. The lowest BCUT2D eigenvalue weighted by Gasteiger charge is -2.09. The van der Waals surface area contributed by atoms with Gasteiger partial charge < -0.3 is 5.32 Å². The van der Waals surface area contributed by atoms with Crippen LogP contribution >= 0.6 is 39.0 Å². The van der Waals surface area contributed by atoms with Crippen LogP contribution in [-0.4, -0.2) is 21.6 Å². The molecular weight excluding hydrogens is 454 g/mol. The van der Waals surface area contributed by atoms with E-state index in [0.717, 1.165) is 42.4 Å². The number of halogens is 1. The molecule has 0 aliphatic carbocycles. The molecule has 0 spiro atoms. The second kappa shape index (κ2) is 8.43. The molecule has 0 fully saturated rings. The zero-order valence-electron chi connectivity index (χ0n) is 15.0. The number of anilines is 1.